The van der Waals surface area contributed by atoms with E-state index in [2.05, 4.69) is 72.5 Å². The van der Waals surface area contributed by atoms with Gasteiger partial charge >= 0.3 is 5.97 Å². The number of pyridine rings is 1. The Hall–Kier alpha value is -3.83. The van der Waals surface area contributed by atoms with Crippen LogP contribution < -0.4 is 14.5 Å². The summed E-state index contributed by atoms with van der Waals surface area (Å²) >= 11 is 6.25. The van der Waals surface area contributed by atoms with E-state index in [1.807, 2.05) is 35.0 Å². The lowest BCUT2D eigenvalue weighted by atomic mass is 9.72. The van der Waals surface area contributed by atoms with Gasteiger partial charge in [-0.05, 0) is 90.7 Å². The van der Waals surface area contributed by atoms with Crippen molar-refractivity contribution >= 4 is 59.3 Å². The fraction of sp³-hybridized carbons (Fsp3) is 0.476. The van der Waals surface area contributed by atoms with Crippen molar-refractivity contribution in [2.75, 3.05) is 62.3 Å². The monoisotopic (exact) mass is 755 g/mol. The Labute approximate surface area is 320 Å². The average molecular weight is 756 g/mol. The largest absolute Gasteiger partial charge is 0.478 e. The number of anilines is 3. The van der Waals surface area contributed by atoms with Crippen LogP contribution in [0.25, 0.3) is 16.6 Å². The molecule has 0 unspecified atom stereocenters. The predicted octanol–water partition coefficient (Wildman–Crippen LogP) is 9.41. The smallest absolute Gasteiger partial charge is 0.337 e. The topological polar surface area (TPSA) is 83.3 Å². The summed E-state index contributed by atoms with van der Waals surface area (Å²) in [6.07, 6.45) is 6.14. The minimum atomic E-state index is -1.18. The molecule has 0 spiro atoms. The summed E-state index contributed by atoms with van der Waals surface area (Å²) < 4.78 is 14.3. The number of piperazine rings is 1. The molecule has 53 heavy (non-hydrogen) atoms. The molecule has 11 heteroatoms. The number of allylic oxidation sites excluding steroid dienone is 1. The van der Waals surface area contributed by atoms with Crippen LogP contribution in [-0.4, -0.2) is 86.1 Å². The number of carboxylic acids is 1. The lowest BCUT2D eigenvalue weighted by Gasteiger charge is -2.39. The van der Waals surface area contributed by atoms with Gasteiger partial charge in [0.1, 0.15) is 18.1 Å². The molecule has 0 saturated carbocycles. The van der Waals surface area contributed by atoms with Crippen molar-refractivity contribution in [2.24, 2.45) is 5.41 Å². The van der Waals surface area contributed by atoms with E-state index in [9.17, 15) is 9.90 Å². The van der Waals surface area contributed by atoms with Crippen molar-refractivity contribution in [3.8, 4) is 5.88 Å². The molecule has 0 radical (unpaired) electrons. The van der Waals surface area contributed by atoms with Crippen LogP contribution in [0.3, 0.4) is 0 Å². The summed E-state index contributed by atoms with van der Waals surface area (Å²) in [4.78, 5) is 24.7. The van der Waals surface area contributed by atoms with Gasteiger partial charge < -0.3 is 28.9 Å². The third-order valence-electron chi connectivity index (χ3n) is 11.0. The van der Waals surface area contributed by atoms with Crippen molar-refractivity contribution in [3.05, 3.63) is 82.5 Å². The van der Waals surface area contributed by atoms with Gasteiger partial charge in [-0.25, -0.2) is 4.79 Å². The molecule has 0 bridgehead atoms. The molecule has 282 valence electrons. The first-order valence-electron chi connectivity index (χ1n) is 19.1. The Morgan fingerprint density at radius 2 is 1.77 bits per heavy atom. The number of aromatic nitrogens is 2. The minimum Gasteiger partial charge on any atom is -0.478 e. The lowest BCUT2D eigenvalue weighted by Crippen LogP contribution is -2.47. The predicted molar refractivity (Wildman–Crippen MR) is 219 cm³/mol. The van der Waals surface area contributed by atoms with Gasteiger partial charge in [-0.2, -0.15) is 4.98 Å². The van der Waals surface area contributed by atoms with Crippen LogP contribution in [0.1, 0.15) is 55.5 Å². The number of benzene rings is 2. The maximum Gasteiger partial charge on any atom is 0.337 e. The van der Waals surface area contributed by atoms with Crippen molar-refractivity contribution in [1.82, 2.24) is 14.5 Å². The summed E-state index contributed by atoms with van der Waals surface area (Å²) in [6, 6.07) is 19.4. The van der Waals surface area contributed by atoms with Gasteiger partial charge in [-0.1, -0.05) is 62.8 Å². The fourth-order valence-electron chi connectivity index (χ4n) is 7.81. The molecular formula is C42H54ClN5O4Si. The van der Waals surface area contributed by atoms with E-state index in [4.69, 9.17) is 26.1 Å². The van der Waals surface area contributed by atoms with Crippen LogP contribution in [0.5, 0.6) is 5.88 Å². The zero-order chi connectivity index (χ0) is 37.3. The van der Waals surface area contributed by atoms with Crippen LogP contribution in [0.4, 0.5) is 17.1 Å². The Bertz CT molecular complexity index is 1980. The first-order chi connectivity index (χ1) is 25.3. The maximum absolute atomic E-state index is 12.7. The number of fused-ring (bicyclic) bond motifs is 2. The van der Waals surface area contributed by atoms with Crippen LogP contribution in [0, 0.1) is 5.41 Å². The van der Waals surface area contributed by atoms with Crippen LogP contribution in [0.15, 0.2) is 66.4 Å². The number of ether oxygens (including phenoxy) is 2. The Kier molecular flexibility index (Phi) is 11.0. The Morgan fingerprint density at radius 1 is 1.00 bits per heavy atom. The molecule has 9 nitrogen and oxygen atoms in total. The lowest BCUT2D eigenvalue weighted by molar-refractivity contribution is 0.0697. The average Bonchev–Trinajstić information content (AvgIpc) is 3.39. The number of nitrogens with zero attached hydrogens (tertiary/aromatic N) is 5. The molecule has 1 aliphatic carbocycles. The Balaban J connectivity index is 1.10. The Morgan fingerprint density at radius 3 is 2.51 bits per heavy atom. The van der Waals surface area contributed by atoms with Crippen molar-refractivity contribution in [2.45, 2.75) is 71.9 Å². The SMILES string of the molecule is CC1(C)CCC(CN2CCN(c3ccc(C(=O)O)c(N4CCCOc5nc6c(ccn6COCC[Si](C)(C)C)cc54)c3)CC2)=C(c2ccc(Cl)cc2)C1. The van der Waals surface area contributed by atoms with Gasteiger partial charge in [0.25, 0.3) is 0 Å². The molecule has 4 heterocycles. The minimum absolute atomic E-state index is 0.274. The molecule has 1 saturated heterocycles. The van der Waals surface area contributed by atoms with Crippen molar-refractivity contribution in [1.29, 1.82) is 0 Å². The van der Waals surface area contributed by atoms with E-state index in [1.54, 1.807) is 11.6 Å². The molecule has 2 aromatic carbocycles. The molecular weight excluding hydrogens is 702 g/mol. The molecule has 0 amide bonds. The molecule has 7 rings (SSSR count). The molecule has 1 N–H and O–H groups in total. The highest BCUT2D eigenvalue weighted by atomic mass is 35.5. The normalized spacial score (nSPS) is 18.2. The summed E-state index contributed by atoms with van der Waals surface area (Å²) in [5.41, 5.74) is 8.16. The molecule has 2 aromatic heterocycles. The number of halogens is 1. The van der Waals surface area contributed by atoms with Gasteiger partial charge in [-0.3, -0.25) is 4.90 Å². The van der Waals surface area contributed by atoms with E-state index >= 15 is 0 Å². The van der Waals surface area contributed by atoms with Crippen LogP contribution in [-0.2, 0) is 11.5 Å². The summed E-state index contributed by atoms with van der Waals surface area (Å²) in [5.74, 6) is -0.426. The quantitative estimate of drug-likeness (QED) is 0.120. The van der Waals surface area contributed by atoms with Crippen molar-refractivity contribution in [3.63, 3.8) is 0 Å². The second-order valence-corrected chi connectivity index (χ2v) is 23.0. The van der Waals surface area contributed by atoms with Gasteiger partial charge in [0.2, 0.25) is 5.88 Å². The van der Waals surface area contributed by atoms with E-state index < -0.39 is 14.0 Å². The zero-order valence-electron chi connectivity index (χ0n) is 32.0. The first-order valence-corrected chi connectivity index (χ1v) is 23.2. The molecule has 4 aromatic rings. The number of rotatable bonds is 11. The van der Waals surface area contributed by atoms with Crippen molar-refractivity contribution < 1.29 is 19.4 Å². The fourth-order valence-corrected chi connectivity index (χ4v) is 8.69. The molecule has 1 fully saturated rings. The third-order valence-corrected chi connectivity index (χ3v) is 13.0. The summed E-state index contributed by atoms with van der Waals surface area (Å²) in [7, 11) is -1.18. The number of aromatic carboxylic acids is 1. The number of hydrogen-bond donors (Lipinski definition) is 1. The zero-order valence-corrected chi connectivity index (χ0v) is 33.7. The summed E-state index contributed by atoms with van der Waals surface area (Å²) in [6.45, 7) is 18.7. The number of carbonyl (C=O) groups is 1. The van der Waals surface area contributed by atoms with Crippen LogP contribution in [0.2, 0.25) is 30.7 Å². The van der Waals surface area contributed by atoms with Gasteiger partial charge in [-0.15, -0.1) is 0 Å². The number of hydrogen-bond acceptors (Lipinski definition) is 7. The van der Waals surface area contributed by atoms with Gasteiger partial charge in [0.05, 0.1) is 17.9 Å². The van der Waals surface area contributed by atoms with E-state index in [0.717, 1.165) is 92.1 Å². The molecule has 2 aliphatic heterocycles. The molecule has 0 atom stereocenters. The van der Waals surface area contributed by atoms with E-state index in [-0.39, 0.29) is 11.0 Å². The standard InChI is InChI=1S/C42H54ClN5O4Si/c1-42(2)15-13-32(36(27-42)30-7-9-33(43)10-8-30)28-45-18-20-46(21-19-45)34-11-12-35(41(49)50)37(26-34)48-16-6-22-52-40-38(48)25-31-14-17-47(39(31)44-40)29-51-23-24-53(3,4)5/h7-12,14,17,25-26H,6,13,15-16,18-24,27-29H2,1-5H3,(H,49,50). The first kappa shape index (κ1) is 37.5. The third kappa shape index (κ3) is 8.77. The van der Waals surface area contributed by atoms with Crippen LogP contribution >= 0.6 is 11.6 Å². The number of carboxylic acid groups (broad SMARTS) is 1. The van der Waals surface area contributed by atoms with E-state index in [0.29, 0.717) is 31.4 Å². The van der Waals surface area contributed by atoms with E-state index in [1.165, 1.54) is 17.6 Å². The second-order valence-electron chi connectivity index (χ2n) is 16.9. The van der Waals surface area contributed by atoms with Gasteiger partial charge in [0.15, 0.2) is 0 Å². The highest BCUT2D eigenvalue weighted by Crippen LogP contribution is 2.44. The highest BCUT2D eigenvalue weighted by molar-refractivity contribution is 6.76. The summed E-state index contributed by atoms with van der Waals surface area (Å²) in [5, 5.41) is 12.1. The molecule has 3 aliphatic rings. The maximum atomic E-state index is 12.7. The second kappa shape index (κ2) is 15.5. The van der Waals surface area contributed by atoms with Gasteiger partial charge in [0, 0.05) is 76.2 Å². The highest BCUT2D eigenvalue weighted by Gasteiger charge is 2.30.